The second-order valence-electron chi connectivity index (χ2n) is 4.83. The van der Waals surface area contributed by atoms with Gasteiger partial charge in [-0.15, -0.1) is 0 Å². The lowest BCUT2D eigenvalue weighted by Gasteiger charge is -2.02. The Morgan fingerprint density at radius 2 is 2.08 bits per heavy atom. The molecule has 0 spiro atoms. The molecule has 0 bridgehead atoms. The van der Waals surface area contributed by atoms with Crippen molar-refractivity contribution in [2.24, 2.45) is 0 Å². The minimum atomic E-state index is -0.521. The average molecular weight is 339 g/mol. The molecule has 126 valence electrons. The number of hydrogen-bond acceptors (Lipinski definition) is 8. The summed E-state index contributed by atoms with van der Waals surface area (Å²) in [5, 5.41) is 6.42. The Morgan fingerprint density at radius 3 is 2.76 bits per heavy atom. The second-order valence-corrected chi connectivity index (χ2v) is 4.83. The number of nitrogens with zero attached hydrogens (tertiary/aromatic N) is 4. The van der Waals surface area contributed by atoms with Crippen molar-refractivity contribution in [1.82, 2.24) is 25.4 Å². The zero-order valence-electron chi connectivity index (χ0n) is 13.2. The Morgan fingerprint density at radius 1 is 1.20 bits per heavy atom. The second kappa shape index (κ2) is 7.30. The Labute approximate surface area is 142 Å². The van der Waals surface area contributed by atoms with Gasteiger partial charge in [-0.2, -0.15) is 4.98 Å². The van der Waals surface area contributed by atoms with Crippen molar-refractivity contribution >= 4 is 11.9 Å². The smallest absolute Gasteiger partial charge is 0.339 e. The molecule has 3 aromatic rings. The van der Waals surface area contributed by atoms with Gasteiger partial charge in [0.05, 0.1) is 19.2 Å². The summed E-state index contributed by atoms with van der Waals surface area (Å²) in [6, 6.07) is 8.22. The van der Waals surface area contributed by atoms with E-state index in [1.54, 1.807) is 18.3 Å². The van der Waals surface area contributed by atoms with Crippen LogP contribution in [0.4, 0.5) is 0 Å². The molecule has 0 unspecified atom stereocenters. The van der Waals surface area contributed by atoms with Gasteiger partial charge in [-0.25, -0.2) is 4.79 Å². The van der Waals surface area contributed by atoms with E-state index >= 15 is 0 Å². The number of methoxy groups -OCH3 is 1. The topological polar surface area (TPSA) is 120 Å². The van der Waals surface area contributed by atoms with Crippen LogP contribution < -0.4 is 5.32 Å². The zero-order valence-corrected chi connectivity index (χ0v) is 13.2. The average Bonchev–Trinajstić information content (AvgIpc) is 3.15. The Kier molecular flexibility index (Phi) is 4.74. The van der Waals surface area contributed by atoms with E-state index in [2.05, 4.69) is 30.2 Å². The molecular formula is C16H13N5O4. The zero-order chi connectivity index (χ0) is 17.6. The molecule has 3 rings (SSSR count). The molecule has 3 aromatic heterocycles. The van der Waals surface area contributed by atoms with Crippen molar-refractivity contribution in [2.75, 3.05) is 7.11 Å². The van der Waals surface area contributed by atoms with Crippen LogP contribution in [-0.4, -0.2) is 39.1 Å². The van der Waals surface area contributed by atoms with E-state index in [0.29, 0.717) is 11.5 Å². The number of carbonyl (C=O) groups excluding carboxylic acids is 2. The molecule has 9 heteroatoms. The van der Waals surface area contributed by atoms with Crippen molar-refractivity contribution in [3.63, 3.8) is 0 Å². The number of nitrogens with one attached hydrogen (secondary N) is 1. The van der Waals surface area contributed by atoms with Gasteiger partial charge in [0, 0.05) is 12.4 Å². The van der Waals surface area contributed by atoms with Gasteiger partial charge < -0.3 is 14.6 Å². The van der Waals surface area contributed by atoms with E-state index in [9.17, 15) is 9.59 Å². The van der Waals surface area contributed by atoms with Crippen molar-refractivity contribution in [3.05, 3.63) is 59.9 Å². The third-order valence-electron chi connectivity index (χ3n) is 3.18. The number of carbonyl (C=O) groups is 2. The van der Waals surface area contributed by atoms with Crippen LogP contribution in [0.1, 0.15) is 26.7 Å². The van der Waals surface area contributed by atoms with Crippen LogP contribution in [-0.2, 0) is 11.3 Å². The van der Waals surface area contributed by atoms with Gasteiger partial charge in [-0.3, -0.25) is 14.8 Å². The predicted octanol–water partition coefficient (Wildman–Crippen LogP) is 1.24. The van der Waals surface area contributed by atoms with Crippen molar-refractivity contribution in [2.45, 2.75) is 6.54 Å². The molecule has 9 nitrogen and oxygen atoms in total. The van der Waals surface area contributed by atoms with Gasteiger partial charge in [0.1, 0.15) is 11.4 Å². The van der Waals surface area contributed by atoms with Crippen LogP contribution in [0.3, 0.4) is 0 Å². The number of esters is 1. The molecule has 1 N–H and O–H groups in total. The van der Waals surface area contributed by atoms with Crippen LogP contribution in [0.25, 0.3) is 11.5 Å². The maximum atomic E-state index is 12.1. The molecule has 0 saturated carbocycles. The minimum Gasteiger partial charge on any atom is -0.465 e. The highest BCUT2D eigenvalue weighted by Gasteiger charge is 2.13. The van der Waals surface area contributed by atoms with Crippen LogP contribution in [0.15, 0.2) is 47.2 Å². The molecule has 0 aromatic carbocycles. The number of aromatic nitrogens is 4. The number of ether oxygens (including phenoxy) is 1. The number of pyridine rings is 2. The van der Waals surface area contributed by atoms with E-state index in [1.165, 1.54) is 25.4 Å². The molecule has 0 aliphatic carbocycles. The largest absolute Gasteiger partial charge is 0.465 e. The highest BCUT2D eigenvalue weighted by Crippen LogP contribution is 2.11. The monoisotopic (exact) mass is 339 g/mol. The molecule has 0 radical (unpaired) electrons. The highest BCUT2D eigenvalue weighted by molar-refractivity contribution is 5.94. The maximum absolute atomic E-state index is 12.1. The third kappa shape index (κ3) is 3.83. The van der Waals surface area contributed by atoms with Crippen molar-refractivity contribution in [3.8, 4) is 11.5 Å². The standard InChI is InChI=1S/C16H13N5O4/c1-24-16(23)10-5-6-12(18-8-10)15(22)19-9-13-20-14(21-25-13)11-4-2-3-7-17-11/h2-8H,9H2,1H3,(H,19,22). The number of hydrogen-bond donors (Lipinski definition) is 1. The Balaban J connectivity index is 1.61. The summed E-state index contributed by atoms with van der Waals surface area (Å²) >= 11 is 0. The number of rotatable bonds is 5. The van der Waals surface area contributed by atoms with Crippen LogP contribution in [0, 0.1) is 0 Å². The first-order valence-electron chi connectivity index (χ1n) is 7.24. The molecule has 0 aliphatic heterocycles. The van der Waals surface area contributed by atoms with E-state index < -0.39 is 11.9 Å². The van der Waals surface area contributed by atoms with Crippen LogP contribution in [0.2, 0.25) is 0 Å². The van der Waals surface area contributed by atoms with E-state index in [0.717, 1.165) is 0 Å². The fraction of sp³-hybridized carbons (Fsp3) is 0.125. The quantitative estimate of drug-likeness (QED) is 0.689. The summed E-state index contributed by atoms with van der Waals surface area (Å²) < 4.78 is 9.64. The first kappa shape index (κ1) is 16.2. The lowest BCUT2D eigenvalue weighted by atomic mass is 10.2. The van der Waals surface area contributed by atoms with E-state index in [-0.39, 0.29) is 23.7 Å². The van der Waals surface area contributed by atoms with Crippen LogP contribution in [0.5, 0.6) is 0 Å². The summed E-state index contributed by atoms with van der Waals surface area (Å²) in [7, 11) is 1.27. The van der Waals surface area contributed by atoms with Gasteiger partial charge in [0.2, 0.25) is 11.7 Å². The molecule has 0 aliphatic rings. The summed E-state index contributed by atoms with van der Waals surface area (Å²) in [6.45, 7) is 0.0408. The summed E-state index contributed by atoms with van der Waals surface area (Å²) in [4.78, 5) is 35.6. The number of amides is 1. The summed E-state index contributed by atoms with van der Waals surface area (Å²) in [5.41, 5.74) is 0.983. The van der Waals surface area contributed by atoms with Gasteiger partial charge in [-0.05, 0) is 24.3 Å². The Hall–Kier alpha value is -3.62. The Bertz CT molecular complexity index is 877. The maximum Gasteiger partial charge on any atom is 0.339 e. The fourth-order valence-corrected chi connectivity index (χ4v) is 1.94. The minimum absolute atomic E-state index is 0.0408. The molecule has 0 saturated heterocycles. The molecule has 1 amide bonds. The van der Waals surface area contributed by atoms with E-state index in [4.69, 9.17) is 4.52 Å². The molecule has 25 heavy (non-hydrogen) atoms. The molecular weight excluding hydrogens is 326 g/mol. The lowest BCUT2D eigenvalue weighted by molar-refractivity contribution is 0.0599. The van der Waals surface area contributed by atoms with Crippen molar-refractivity contribution < 1.29 is 18.8 Å². The van der Waals surface area contributed by atoms with Gasteiger partial charge in [0.25, 0.3) is 5.91 Å². The summed E-state index contributed by atoms with van der Waals surface area (Å²) in [5.74, 6) is -0.382. The van der Waals surface area contributed by atoms with Crippen molar-refractivity contribution in [1.29, 1.82) is 0 Å². The predicted molar refractivity (Wildman–Crippen MR) is 84.3 cm³/mol. The third-order valence-corrected chi connectivity index (χ3v) is 3.18. The first-order valence-corrected chi connectivity index (χ1v) is 7.24. The van der Waals surface area contributed by atoms with E-state index in [1.807, 2.05) is 6.07 Å². The lowest BCUT2D eigenvalue weighted by Crippen LogP contribution is -2.24. The normalized spacial score (nSPS) is 10.3. The molecule has 3 heterocycles. The fourth-order valence-electron chi connectivity index (χ4n) is 1.94. The van der Waals surface area contributed by atoms with Gasteiger partial charge >= 0.3 is 5.97 Å². The van der Waals surface area contributed by atoms with Gasteiger partial charge in [-0.1, -0.05) is 11.2 Å². The summed E-state index contributed by atoms with van der Waals surface area (Å²) in [6.07, 6.45) is 2.89. The molecule has 0 fully saturated rings. The van der Waals surface area contributed by atoms with Gasteiger partial charge in [0.15, 0.2) is 0 Å². The SMILES string of the molecule is COC(=O)c1ccc(C(=O)NCc2nc(-c3ccccn3)no2)nc1. The van der Waals surface area contributed by atoms with Crippen LogP contribution >= 0.6 is 0 Å². The highest BCUT2D eigenvalue weighted by atomic mass is 16.5. The molecule has 0 atom stereocenters. The first-order chi connectivity index (χ1) is 12.2.